The van der Waals surface area contributed by atoms with Gasteiger partial charge < -0.3 is 4.90 Å². The molecule has 0 spiro atoms. The predicted molar refractivity (Wildman–Crippen MR) is 101 cm³/mol. The Hall–Kier alpha value is -3.29. The Kier molecular flexibility index (Phi) is 4.00. The summed E-state index contributed by atoms with van der Waals surface area (Å²) in [6.45, 7) is 1.97. The Bertz CT molecular complexity index is 1040. The molecule has 1 aliphatic rings. The molecule has 1 atom stereocenters. The van der Waals surface area contributed by atoms with Crippen LogP contribution in [0.5, 0.6) is 0 Å². The van der Waals surface area contributed by atoms with Crippen LogP contribution in [0.1, 0.15) is 18.5 Å². The Morgan fingerprint density at radius 3 is 3.11 bits per heavy atom. The highest BCUT2D eigenvalue weighted by Crippen LogP contribution is 2.25. The van der Waals surface area contributed by atoms with Crippen LogP contribution in [-0.4, -0.2) is 47.9 Å². The van der Waals surface area contributed by atoms with Gasteiger partial charge in [-0.3, -0.25) is 4.98 Å². The first-order chi connectivity index (χ1) is 13.4. The molecule has 0 bridgehead atoms. The zero-order valence-electron chi connectivity index (χ0n) is 14.9. The summed E-state index contributed by atoms with van der Waals surface area (Å²) in [7, 11) is 0. The van der Waals surface area contributed by atoms with Crippen LogP contribution in [0.3, 0.4) is 0 Å². The molecule has 1 N–H and O–H groups in total. The third kappa shape index (κ3) is 3.14. The second kappa shape index (κ2) is 6.79. The lowest BCUT2D eigenvalue weighted by atomic mass is 9.93. The fourth-order valence-corrected chi connectivity index (χ4v) is 3.84. The predicted octanol–water partition coefficient (Wildman–Crippen LogP) is 2.37. The van der Waals surface area contributed by atoms with Gasteiger partial charge in [-0.2, -0.15) is 15.2 Å². The van der Waals surface area contributed by atoms with Crippen molar-refractivity contribution in [3.8, 4) is 11.3 Å². The number of aromatic nitrogens is 7. The van der Waals surface area contributed by atoms with Crippen molar-refractivity contribution < 1.29 is 0 Å². The molecule has 1 unspecified atom stereocenters. The molecule has 5 heterocycles. The molecule has 4 aromatic rings. The van der Waals surface area contributed by atoms with Gasteiger partial charge in [-0.05, 0) is 37.3 Å². The average molecular weight is 360 g/mol. The van der Waals surface area contributed by atoms with Gasteiger partial charge in [0.1, 0.15) is 6.33 Å². The molecule has 1 saturated heterocycles. The maximum absolute atomic E-state index is 4.88. The van der Waals surface area contributed by atoms with E-state index in [1.54, 1.807) is 6.33 Å². The number of piperidine rings is 1. The van der Waals surface area contributed by atoms with Crippen LogP contribution in [0, 0.1) is 5.92 Å². The average Bonchev–Trinajstić information content (AvgIpc) is 3.39. The van der Waals surface area contributed by atoms with Crippen molar-refractivity contribution in [3.05, 3.63) is 55.0 Å². The van der Waals surface area contributed by atoms with Crippen molar-refractivity contribution in [1.82, 2.24) is 34.8 Å². The molecule has 0 amide bonds. The Morgan fingerprint density at radius 1 is 1.19 bits per heavy atom. The summed E-state index contributed by atoms with van der Waals surface area (Å²) >= 11 is 0. The quantitative estimate of drug-likeness (QED) is 0.601. The van der Waals surface area contributed by atoms with Gasteiger partial charge in [0.15, 0.2) is 0 Å². The molecule has 0 aromatic carbocycles. The summed E-state index contributed by atoms with van der Waals surface area (Å²) < 4.78 is 1.86. The van der Waals surface area contributed by atoms with E-state index < -0.39 is 0 Å². The van der Waals surface area contributed by atoms with Crippen LogP contribution in [0.25, 0.3) is 16.8 Å². The van der Waals surface area contributed by atoms with E-state index in [1.807, 2.05) is 47.5 Å². The minimum Gasteiger partial charge on any atom is -0.341 e. The zero-order chi connectivity index (χ0) is 18.1. The molecule has 5 rings (SSSR count). The molecular formula is C19H20N8. The van der Waals surface area contributed by atoms with Crippen molar-refractivity contribution in [2.24, 2.45) is 5.92 Å². The van der Waals surface area contributed by atoms with Gasteiger partial charge in [0, 0.05) is 31.0 Å². The molecule has 136 valence electrons. The zero-order valence-corrected chi connectivity index (χ0v) is 14.9. The lowest BCUT2D eigenvalue weighted by Gasteiger charge is -2.32. The van der Waals surface area contributed by atoms with E-state index in [-0.39, 0.29) is 0 Å². The van der Waals surface area contributed by atoms with E-state index in [2.05, 4.69) is 30.2 Å². The lowest BCUT2D eigenvalue weighted by Crippen LogP contribution is -2.37. The molecule has 8 nitrogen and oxygen atoms in total. The summed E-state index contributed by atoms with van der Waals surface area (Å²) in [5, 5.41) is 11.3. The fourth-order valence-electron chi connectivity index (χ4n) is 3.84. The normalized spacial score (nSPS) is 17.5. The van der Waals surface area contributed by atoms with Gasteiger partial charge in [-0.1, -0.05) is 6.07 Å². The summed E-state index contributed by atoms with van der Waals surface area (Å²) in [4.78, 5) is 15.9. The van der Waals surface area contributed by atoms with Crippen LogP contribution in [0.15, 0.2) is 49.3 Å². The molecule has 1 fully saturated rings. The van der Waals surface area contributed by atoms with E-state index >= 15 is 0 Å². The van der Waals surface area contributed by atoms with Crippen molar-refractivity contribution in [3.63, 3.8) is 0 Å². The number of pyridine rings is 1. The maximum atomic E-state index is 4.88. The Balaban J connectivity index is 1.36. The smallest absolute Gasteiger partial charge is 0.221 e. The minimum atomic E-state index is 0.525. The number of hydrogen-bond acceptors (Lipinski definition) is 6. The third-order valence-electron chi connectivity index (χ3n) is 5.11. The first-order valence-corrected chi connectivity index (χ1v) is 9.21. The van der Waals surface area contributed by atoms with Gasteiger partial charge in [-0.25, -0.2) is 14.6 Å². The second-order valence-electron chi connectivity index (χ2n) is 6.95. The SMILES string of the molecule is c1ccn2ncc(-c3cncc(CC4CCCN(c5ncn[nH]5)C4)n3)c2c1. The number of fused-ring (bicyclic) bond motifs is 1. The van der Waals surface area contributed by atoms with E-state index in [4.69, 9.17) is 4.98 Å². The summed E-state index contributed by atoms with van der Waals surface area (Å²) in [6, 6.07) is 6.03. The van der Waals surface area contributed by atoms with Crippen molar-refractivity contribution >= 4 is 11.5 Å². The molecule has 8 heteroatoms. The van der Waals surface area contributed by atoms with Gasteiger partial charge in [0.05, 0.1) is 29.3 Å². The van der Waals surface area contributed by atoms with E-state index in [9.17, 15) is 0 Å². The molecule has 0 aliphatic carbocycles. The molecule has 1 aliphatic heterocycles. The molecule has 27 heavy (non-hydrogen) atoms. The minimum absolute atomic E-state index is 0.525. The van der Waals surface area contributed by atoms with Crippen molar-refractivity contribution in [2.45, 2.75) is 19.3 Å². The second-order valence-corrected chi connectivity index (χ2v) is 6.95. The third-order valence-corrected chi connectivity index (χ3v) is 5.11. The summed E-state index contributed by atoms with van der Waals surface area (Å²) in [5.74, 6) is 1.38. The first-order valence-electron chi connectivity index (χ1n) is 9.21. The molecule has 0 radical (unpaired) electrons. The van der Waals surface area contributed by atoms with Crippen LogP contribution in [0.2, 0.25) is 0 Å². The largest absolute Gasteiger partial charge is 0.341 e. The van der Waals surface area contributed by atoms with Crippen LogP contribution >= 0.6 is 0 Å². The number of nitrogens with zero attached hydrogens (tertiary/aromatic N) is 7. The van der Waals surface area contributed by atoms with E-state index in [0.29, 0.717) is 5.92 Å². The van der Waals surface area contributed by atoms with E-state index in [1.165, 1.54) is 6.42 Å². The van der Waals surface area contributed by atoms with Crippen LogP contribution in [0.4, 0.5) is 5.95 Å². The summed E-state index contributed by atoms with van der Waals surface area (Å²) in [5.41, 5.74) is 3.94. The van der Waals surface area contributed by atoms with Gasteiger partial charge in [0.25, 0.3) is 0 Å². The van der Waals surface area contributed by atoms with Gasteiger partial charge in [0.2, 0.25) is 5.95 Å². The first kappa shape index (κ1) is 15.9. The van der Waals surface area contributed by atoms with Gasteiger partial charge in [-0.15, -0.1) is 0 Å². The molecular weight excluding hydrogens is 340 g/mol. The fraction of sp³-hybridized carbons (Fsp3) is 0.316. The van der Waals surface area contributed by atoms with E-state index in [0.717, 1.165) is 54.3 Å². The number of rotatable bonds is 4. The standard InChI is InChI=1S/C19H20N8/c1-2-7-27-18(5-1)16(10-23-27)17-11-20-9-15(24-17)8-14-4-3-6-26(12-14)19-21-13-22-25-19/h1-2,5,7,9-11,13-14H,3-4,6,8,12H2,(H,21,22,25). The highest BCUT2D eigenvalue weighted by molar-refractivity contribution is 5.77. The number of H-pyrrole nitrogens is 1. The Labute approximate surface area is 156 Å². The Morgan fingerprint density at radius 2 is 2.19 bits per heavy atom. The number of nitrogens with one attached hydrogen (secondary N) is 1. The molecule has 4 aromatic heterocycles. The summed E-state index contributed by atoms with van der Waals surface area (Å²) in [6.07, 6.45) is 12.3. The van der Waals surface area contributed by atoms with Crippen molar-refractivity contribution in [2.75, 3.05) is 18.0 Å². The van der Waals surface area contributed by atoms with Crippen LogP contribution < -0.4 is 4.90 Å². The monoisotopic (exact) mass is 360 g/mol. The number of anilines is 1. The number of aromatic amines is 1. The van der Waals surface area contributed by atoms with Crippen molar-refractivity contribution in [1.29, 1.82) is 0 Å². The highest BCUT2D eigenvalue weighted by Gasteiger charge is 2.22. The molecule has 0 saturated carbocycles. The van der Waals surface area contributed by atoms with Crippen LogP contribution in [-0.2, 0) is 6.42 Å². The van der Waals surface area contributed by atoms with Gasteiger partial charge >= 0.3 is 0 Å². The topological polar surface area (TPSA) is 87.9 Å². The highest BCUT2D eigenvalue weighted by atomic mass is 15.3. The maximum Gasteiger partial charge on any atom is 0.221 e. The lowest BCUT2D eigenvalue weighted by molar-refractivity contribution is 0.406. The number of hydrogen-bond donors (Lipinski definition) is 1.